The molecule has 2 saturated heterocycles. The predicted octanol–water partition coefficient (Wildman–Crippen LogP) is 4.52. The topological polar surface area (TPSA) is 130 Å². The highest BCUT2D eigenvalue weighted by atomic mass is 16.7. The third-order valence-electron chi connectivity index (χ3n) is 13.5. The van der Waals surface area contributed by atoms with Gasteiger partial charge in [-0.15, -0.1) is 0 Å². The Morgan fingerprint density at radius 3 is 2.36 bits per heavy atom. The van der Waals surface area contributed by atoms with Crippen molar-refractivity contribution in [2.45, 2.75) is 160 Å². The van der Waals surface area contributed by atoms with E-state index >= 15 is 0 Å². The Kier molecular flexibility index (Phi) is 8.54. The summed E-state index contributed by atoms with van der Waals surface area (Å²) in [6, 6.07) is 0. The summed E-state index contributed by atoms with van der Waals surface area (Å²) in [6.07, 6.45) is 3.12. The summed E-state index contributed by atoms with van der Waals surface area (Å²) in [5, 5.41) is 10.6. The van der Waals surface area contributed by atoms with E-state index in [4.69, 9.17) is 28.4 Å². The number of rotatable bonds is 8. The summed E-state index contributed by atoms with van der Waals surface area (Å²) in [6.45, 7) is 13.1. The molecule has 4 aliphatic carbocycles. The molecule has 0 amide bonds. The number of aliphatic hydroxyl groups excluding tert-OH is 1. The monoisotopic (exact) mass is 634 g/mol. The Bertz CT molecular complexity index is 1180. The van der Waals surface area contributed by atoms with Crippen LogP contribution in [0.3, 0.4) is 0 Å². The van der Waals surface area contributed by atoms with Crippen molar-refractivity contribution >= 4 is 17.7 Å². The lowest BCUT2D eigenvalue weighted by molar-refractivity contribution is -0.274. The molecule has 0 aromatic carbocycles. The van der Waals surface area contributed by atoms with Crippen molar-refractivity contribution in [1.29, 1.82) is 0 Å². The van der Waals surface area contributed by atoms with Crippen LogP contribution in [-0.4, -0.2) is 84.1 Å². The maximum atomic E-state index is 13.6. The second-order valence-electron chi connectivity index (χ2n) is 15.6. The van der Waals surface area contributed by atoms with E-state index in [0.717, 1.165) is 38.5 Å². The zero-order chi connectivity index (χ0) is 32.7. The lowest BCUT2D eigenvalue weighted by atomic mass is 9.43. The van der Waals surface area contributed by atoms with Crippen LogP contribution in [0.15, 0.2) is 0 Å². The average molecular weight is 635 g/mol. The molecule has 0 bridgehead atoms. The van der Waals surface area contributed by atoms with Crippen LogP contribution in [0.5, 0.6) is 0 Å². The fourth-order valence-electron chi connectivity index (χ4n) is 11.1. The minimum Gasteiger partial charge on any atom is -0.458 e. The van der Waals surface area contributed by atoms with E-state index in [0.29, 0.717) is 19.3 Å². The van der Waals surface area contributed by atoms with E-state index in [1.54, 1.807) is 14.0 Å². The maximum absolute atomic E-state index is 13.6. The summed E-state index contributed by atoms with van der Waals surface area (Å²) >= 11 is 0. The van der Waals surface area contributed by atoms with Crippen molar-refractivity contribution in [2.24, 2.45) is 34.5 Å². The van der Waals surface area contributed by atoms with Gasteiger partial charge < -0.3 is 33.5 Å². The number of methoxy groups -OCH3 is 1. The van der Waals surface area contributed by atoms with Crippen molar-refractivity contribution in [3.05, 3.63) is 0 Å². The highest BCUT2D eigenvalue weighted by molar-refractivity contribution is 5.81. The molecular weight excluding hydrogens is 580 g/mol. The van der Waals surface area contributed by atoms with Gasteiger partial charge in [0.15, 0.2) is 6.29 Å². The van der Waals surface area contributed by atoms with Crippen LogP contribution in [0.25, 0.3) is 0 Å². The van der Waals surface area contributed by atoms with E-state index < -0.39 is 47.2 Å². The maximum Gasteiger partial charge on any atom is 0.309 e. The van der Waals surface area contributed by atoms with Gasteiger partial charge in [-0.05, 0) is 76.5 Å². The Hall–Kier alpha value is -1.59. The molecule has 2 aliphatic heterocycles. The lowest BCUT2D eigenvalue weighted by Gasteiger charge is -2.61. The van der Waals surface area contributed by atoms with Gasteiger partial charge in [0.05, 0.1) is 24.2 Å². The minimum absolute atomic E-state index is 0.0393. The molecule has 6 rings (SSSR count). The molecular formula is C35H54O10. The fourth-order valence-corrected chi connectivity index (χ4v) is 11.1. The third-order valence-corrected chi connectivity index (χ3v) is 13.5. The number of fused-ring (bicyclic) bond motifs is 2. The first-order valence-corrected chi connectivity index (χ1v) is 17.3. The number of ether oxygens (including phenoxy) is 6. The van der Waals surface area contributed by atoms with Gasteiger partial charge in [-0.3, -0.25) is 14.4 Å². The van der Waals surface area contributed by atoms with Crippen molar-refractivity contribution in [2.75, 3.05) is 7.11 Å². The van der Waals surface area contributed by atoms with Gasteiger partial charge in [0.2, 0.25) is 0 Å². The molecule has 0 unspecified atom stereocenters. The zero-order valence-corrected chi connectivity index (χ0v) is 28.3. The molecule has 10 nitrogen and oxygen atoms in total. The highest BCUT2D eigenvalue weighted by Crippen LogP contribution is 2.81. The molecule has 10 heteroatoms. The van der Waals surface area contributed by atoms with Gasteiger partial charge in [0, 0.05) is 37.7 Å². The summed E-state index contributed by atoms with van der Waals surface area (Å²) in [5.74, 6) is -1.30. The first kappa shape index (κ1) is 33.3. The quantitative estimate of drug-likeness (QED) is 0.231. The molecule has 6 fully saturated rings. The van der Waals surface area contributed by atoms with Gasteiger partial charge in [-0.2, -0.15) is 0 Å². The molecule has 0 aromatic rings. The van der Waals surface area contributed by atoms with E-state index in [2.05, 4.69) is 6.92 Å². The van der Waals surface area contributed by atoms with Crippen molar-refractivity contribution < 1.29 is 47.9 Å². The first-order valence-electron chi connectivity index (χ1n) is 17.3. The second kappa shape index (κ2) is 11.5. The lowest BCUT2D eigenvalue weighted by Crippen LogP contribution is -2.70. The Morgan fingerprint density at radius 1 is 1.00 bits per heavy atom. The van der Waals surface area contributed by atoms with Crippen LogP contribution in [0.2, 0.25) is 0 Å². The first-order chi connectivity index (χ1) is 21.2. The van der Waals surface area contributed by atoms with Crippen molar-refractivity contribution in [3.63, 3.8) is 0 Å². The number of carbonyl (C=O) groups excluding carboxylic acids is 3. The number of hydrogen-bond acceptors (Lipinski definition) is 10. The second-order valence-corrected chi connectivity index (χ2v) is 15.6. The van der Waals surface area contributed by atoms with Gasteiger partial charge in [0.1, 0.15) is 35.3 Å². The van der Waals surface area contributed by atoms with E-state index in [1.165, 1.54) is 6.92 Å². The largest absolute Gasteiger partial charge is 0.458 e. The molecule has 45 heavy (non-hydrogen) atoms. The summed E-state index contributed by atoms with van der Waals surface area (Å²) in [7, 11) is 1.58. The molecule has 6 aliphatic rings. The Balaban J connectivity index is 1.33. The number of hydrogen-bond donors (Lipinski definition) is 1. The molecule has 15 atom stereocenters. The molecule has 4 saturated carbocycles. The number of aliphatic hydroxyl groups is 1. The number of esters is 2. The van der Waals surface area contributed by atoms with Crippen LogP contribution >= 0.6 is 0 Å². The normalized spacial score (nSPS) is 50.7. The minimum atomic E-state index is -0.805. The molecule has 1 N–H and O–H groups in total. The number of Topliss-reactive ketones (excluding diaryl/α,β-unsaturated/α-hetero) is 1. The summed E-state index contributed by atoms with van der Waals surface area (Å²) < 4.78 is 37.8. The highest BCUT2D eigenvalue weighted by Gasteiger charge is 2.91. The van der Waals surface area contributed by atoms with Gasteiger partial charge >= 0.3 is 11.9 Å². The molecule has 254 valence electrons. The fraction of sp³-hybridized carbons (Fsp3) is 0.914. The van der Waals surface area contributed by atoms with Crippen LogP contribution in [0, 0.1) is 34.5 Å². The van der Waals surface area contributed by atoms with Crippen LogP contribution in [-0.2, 0) is 42.8 Å². The smallest absolute Gasteiger partial charge is 0.309 e. The van der Waals surface area contributed by atoms with Crippen molar-refractivity contribution in [1.82, 2.24) is 0 Å². The van der Waals surface area contributed by atoms with E-state index in [-0.39, 0.29) is 59.2 Å². The van der Waals surface area contributed by atoms with Crippen LogP contribution in [0.1, 0.15) is 106 Å². The van der Waals surface area contributed by atoms with Gasteiger partial charge in [-0.1, -0.05) is 27.7 Å². The summed E-state index contributed by atoms with van der Waals surface area (Å²) in [4.78, 5) is 39.5. The van der Waals surface area contributed by atoms with Crippen LogP contribution < -0.4 is 0 Å². The standard InChI is InChI=1S/C35H54O10/c1-9-18(2)31(39)44-28-29-32(6)13-11-23(43-26-17-25(38)27(40-8)20(4)41-26)16-22(32)10-14-34(29)35(45-34)15-12-24(19(3)36)33(35,7)30(28)42-21(5)37/h18,20,22-30,38H,9-17H2,1-8H3/t18-,20-,22+,23+,24+,25-,26+,27-,28+,29-,30-,32+,33+,34+,35-/m1/s1. The van der Waals surface area contributed by atoms with Gasteiger partial charge in [0.25, 0.3) is 0 Å². The molecule has 2 heterocycles. The molecule has 0 aromatic heterocycles. The number of ketones is 1. The van der Waals surface area contributed by atoms with E-state index in [9.17, 15) is 19.5 Å². The van der Waals surface area contributed by atoms with Crippen LogP contribution in [0.4, 0.5) is 0 Å². The average Bonchev–Trinajstić information content (AvgIpc) is 3.52. The molecule has 0 radical (unpaired) electrons. The van der Waals surface area contributed by atoms with Crippen molar-refractivity contribution in [3.8, 4) is 0 Å². The third kappa shape index (κ3) is 4.78. The number of carbonyl (C=O) groups is 3. The Labute approximate surface area is 267 Å². The predicted molar refractivity (Wildman–Crippen MR) is 162 cm³/mol. The summed E-state index contributed by atoms with van der Waals surface area (Å²) in [5.41, 5.74) is -2.25. The Morgan fingerprint density at radius 2 is 1.73 bits per heavy atom. The molecule has 2 spiro atoms. The van der Waals surface area contributed by atoms with E-state index in [1.807, 2.05) is 27.7 Å². The van der Waals surface area contributed by atoms with Gasteiger partial charge in [-0.25, -0.2) is 0 Å². The number of epoxide rings is 1. The zero-order valence-electron chi connectivity index (χ0n) is 28.3. The SMILES string of the molecule is CC[C@@H](C)C(=O)O[C@@H]1[C@@H](OC(C)=O)[C@]2(C)[C@H](C(C)=O)CC[C@@]23O[C@]32CC[C@H]3C[C@@H](O[C@H]4C[C@@H](O)[C@H](OC)[C@@H](C)O4)CC[C@]3(C)[C@@H]12.